The van der Waals surface area contributed by atoms with Gasteiger partial charge in [-0.25, -0.2) is 0 Å². The third-order valence-corrected chi connectivity index (χ3v) is 11.6. The minimum absolute atomic E-state index is 0.164. The average molecular weight is 663 g/mol. The molecule has 11 rings (SSSR count). The summed E-state index contributed by atoms with van der Waals surface area (Å²) in [5, 5.41) is 9.90. The second-order valence-electron chi connectivity index (χ2n) is 14.8. The topological polar surface area (TPSA) is 13.1 Å². The standard InChI is InChI=1S/C51H34O/c1-51(2)44-28-25-35(30-43(44)41-27-29-45-48(49(41)51)42-26-24-32-12-6-7-15-36(32)50(42)52-45)31-20-22-34(23-21-31)47-39-18-10-8-16-37(39)46(33-13-4-3-5-14-33)38-17-9-11-19-40(38)47/h3-30H,1-2H3. The van der Waals surface area contributed by atoms with Gasteiger partial charge in [-0.2, -0.15) is 0 Å². The van der Waals surface area contributed by atoms with Gasteiger partial charge in [0.15, 0.2) is 0 Å². The summed E-state index contributed by atoms with van der Waals surface area (Å²) in [7, 11) is 0. The highest BCUT2D eigenvalue weighted by Crippen LogP contribution is 2.54. The lowest BCUT2D eigenvalue weighted by atomic mass is 9.80. The van der Waals surface area contributed by atoms with Crippen molar-refractivity contribution in [3.63, 3.8) is 0 Å². The Morgan fingerprint density at radius 3 is 1.63 bits per heavy atom. The Morgan fingerprint density at radius 1 is 0.404 bits per heavy atom. The molecule has 0 saturated carbocycles. The third kappa shape index (κ3) is 4.05. The summed E-state index contributed by atoms with van der Waals surface area (Å²) in [5.74, 6) is 0. The fourth-order valence-electron chi connectivity index (χ4n) is 9.28. The van der Waals surface area contributed by atoms with Gasteiger partial charge < -0.3 is 4.42 Å². The van der Waals surface area contributed by atoms with Crippen LogP contribution in [0.5, 0.6) is 0 Å². The van der Waals surface area contributed by atoms with Crippen molar-refractivity contribution in [2.45, 2.75) is 19.3 Å². The first-order valence-corrected chi connectivity index (χ1v) is 18.2. The maximum absolute atomic E-state index is 6.61. The molecular formula is C51H34O. The molecule has 10 aromatic rings. The molecule has 1 aliphatic rings. The number of benzene rings is 9. The van der Waals surface area contributed by atoms with E-state index in [4.69, 9.17) is 4.42 Å². The van der Waals surface area contributed by atoms with Crippen LogP contribution in [-0.4, -0.2) is 0 Å². The normalized spacial score (nSPS) is 13.3. The summed E-state index contributed by atoms with van der Waals surface area (Å²) in [6.07, 6.45) is 0. The summed E-state index contributed by atoms with van der Waals surface area (Å²) >= 11 is 0. The predicted octanol–water partition coefficient (Wildman–Crippen LogP) is 14.4. The van der Waals surface area contributed by atoms with Crippen molar-refractivity contribution in [1.29, 1.82) is 0 Å². The molecule has 1 nitrogen and oxygen atoms in total. The van der Waals surface area contributed by atoms with Crippen LogP contribution in [0.15, 0.2) is 174 Å². The van der Waals surface area contributed by atoms with E-state index in [2.05, 4.69) is 184 Å². The van der Waals surface area contributed by atoms with Gasteiger partial charge >= 0.3 is 0 Å². The Labute approximate surface area is 302 Å². The first-order valence-electron chi connectivity index (χ1n) is 18.2. The van der Waals surface area contributed by atoms with E-state index in [-0.39, 0.29) is 5.41 Å². The van der Waals surface area contributed by atoms with E-state index in [0.717, 1.165) is 16.6 Å². The number of hydrogen-bond acceptors (Lipinski definition) is 1. The fraction of sp³-hybridized carbons (Fsp3) is 0.0588. The molecule has 0 bridgehead atoms. The number of fused-ring (bicyclic) bond motifs is 11. The van der Waals surface area contributed by atoms with Gasteiger partial charge in [0.25, 0.3) is 0 Å². The lowest BCUT2D eigenvalue weighted by Gasteiger charge is -2.22. The maximum atomic E-state index is 6.61. The molecule has 0 saturated heterocycles. The van der Waals surface area contributed by atoms with Crippen LogP contribution in [0.2, 0.25) is 0 Å². The monoisotopic (exact) mass is 662 g/mol. The van der Waals surface area contributed by atoms with Crippen LogP contribution in [0.25, 0.3) is 98.8 Å². The van der Waals surface area contributed by atoms with Crippen molar-refractivity contribution >= 4 is 54.3 Å². The minimum atomic E-state index is -0.164. The van der Waals surface area contributed by atoms with E-state index < -0.39 is 0 Å². The molecule has 0 radical (unpaired) electrons. The van der Waals surface area contributed by atoms with Gasteiger partial charge in [0.05, 0.1) is 0 Å². The van der Waals surface area contributed by atoms with E-state index in [1.807, 2.05) is 0 Å². The van der Waals surface area contributed by atoms with E-state index in [0.29, 0.717) is 0 Å². The highest BCUT2D eigenvalue weighted by Gasteiger charge is 2.38. The highest BCUT2D eigenvalue weighted by atomic mass is 16.3. The second-order valence-corrected chi connectivity index (χ2v) is 14.8. The second kappa shape index (κ2) is 10.8. The Balaban J connectivity index is 1.05. The lowest BCUT2D eigenvalue weighted by Crippen LogP contribution is -2.15. The Bertz CT molecular complexity index is 3010. The van der Waals surface area contributed by atoms with Crippen LogP contribution < -0.4 is 0 Å². The van der Waals surface area contributed by atoms with E-state index in [1.165, 1.54) is 93.3 Å². The first kappa shape index (κ1) is 29.3. The minimum Gasteiger partial charge on any atom is -0.455 e. The summed E-state index contributed by atoms with van der Waals surface area (Å²) in [5.41, 5.74) is 14.6. The average Bonchev–Trinajstić information content (AvgIpc) is 3.69. The van der Waals surface area contributed by atoms with Crippen LogP contribution >= 0.6 is 0 Å². The summed E-state index contributed by atoms with van der Waals surface area (Å²) < 4.78 is 6.61. The largest absolute Gasteiger partial charge is 0.455 e. The Hall–Kier alpha value is -6.44. The molecular weight excluding hydrogens is 629 g/mol. The van der Waals surface area contributed by atoms with Gasteiger partial charge in [-0.1, -0.05) is 166 Å². The van der Waals surface area contributed by atoms with Gasteiger partial charge in [0.1, 0.15) is 11.2 Å². The van der Waals surface area contributed by atoms with Gasteiger partial charge in [-0.15, -0.1) is 0 Å². The van der Waals surface area contributed by atoms with E-state index in [9.17, 15) is 0 Å². The molecule has 0 N–H and O–H groups in total. The molecule has 1 aliphatic carbocycles. The quantitative estimate of drug-likeness (QED) is 0.172. The van der Waals surface area contributed by atoms with Gasteiger partial charge in [0.2, 0.25) is 0 Å². The van der Waals surface area contributed by atoms with E-state index >= 15 is 0 Å². The highest BCUT2D eigenvalue weighted by molar-refractivity contribution is 6.21. The zero-order valence-corrected chi connectivity index (χ0v) is 29.1. The zero-order valence-electron chi connectivity index (χ0n) is 29.1. The van der Waals surface area contributed by atoms with Gasteiger partial charge in [-0.3, -0.25) is 0 Å². The molecule has 52 heavy (non-hydrogen) atoms. The van der Waals surface area contributed by atoms with Crippen LogP contribution in [0.4, 0.5) is 0 Å². The predicted molar refractivity (Wildman–Crippen MR) is 220 cm³/mol. The van der Waals surface area contributed by atoms with Gasteiger partial charge in [-0.05, 0) is 101 Å². The van der Waals surface area contributed by atoms with Crippen molar-refractivity contribution in [3.8, 4) is 44.5 Å². The molecule has 1 aromatic heterocycles. The number of rotatable bonds is 3. The molecule has 0 aliphatic heterocycles. The lowest BCUT2D eigenvalue weighted by molar-refractivity contribution is 0.658. The number of hydrogen-bond donors (Lipinski definition) is 0. The third-order valence-electron chi connectivity index (χ3n) is 11.6. The van der Waals surface area contributed by atoms with Gasteiger partial charge in [0, 0.05) is 21.6 Å². The maximum Gasteiger partial charge on any atom is 0.143 e. The van der Waals surface area contributed by atoms with Crippen LogP contribution in [-0.2, 0) is 5.41 Å². The van der Waals surface area contributed by atoms with Crippen LogP contribution in [0.3, 0.4) is 0 Å². The molecule has 1 heterocycles. The fourth-order valence-corrected chi connectivity index (χ4v) is 9.28. The molecule has 0 amide bonds. The Kier molecular flexibility index (Phi) is 6.08. The van der Waals surface area contributed by atoms with Crippen molar-refractivity contribution < 1.29 is 4.42 Å². The van der Waals surface area contributed by atoms with Crippen LogP contribution in [0, 0.1) is 0 Å². The number of furan rings is 1. The summed E-state index contributed by atoms with van der Waals surface area (Å²) in [6.45, 7) is 4.73. The molecule has 9 aromatic carbocycles. The molecule has 0 spiro atoms. The molecule has 1 heteroatoms. The van der Waals surface area contributed by atoms with Crippen molar-refractivity contribution in [2.75, 3.05) is 0 Å². The van der Waals surface area contributed by atoms with Crippen molar-refractivity contribution in [3.05, 3.63) is 181 Å². The van der Waals surface area contributed by atoms with E-state index in [1.54, 1.807) is 0 Å². The molecule has 244 valence electrons. The smallest absolute Gasteiger partial charge is 0.143 e. The van der Waals surface area contributed by atoms with Crippen LogP contribution in [0.1, 0.15) is 25.0 Å². The first-order chi connectivity index (χ1) is 25.6. The zero-order chi connectivity index (χ0) is 34.6. The molecule has 0 atom stereocenters. The molecule has 0 fully saturated rings. The van der Waals surface area contributed by atoms with Crippen molar-refractivity contribution in [1.82, 2.24) is 0 Å². The SMILES string of the molecule is CC1(C)c2ccc(-c3ccc(-c4c5ccccc5c(-c5ccccc5)c5ccccc45)cc3)cc2-c2ccc3oc4c5ccccc5ccc4c3c21. The summed E-state index contributed by atoms with van der Waals surface area (Å²) in [4.78, 5) is 0. The molecule has 0 unspecified atom stereocenters. The Morgan fingerprint density at radius 2 is 0.962 bits per heavy atom. The van der Waals surface area contributed by atoms with Crippen molar-refractivity contribution in [2.24, 2.45) is 0 Å². The summed E-state index contributed by atoms with van der Waals surface area (Å²) in [6, 6.07) is 62.2.